The van der Waals surface area contributed by atoms with E-state index in [2.05, 4.69) is 35.6 Å². The summed E-state index contributed by atoms with van der Waals surface area (Å²) in [5.74, 6) is 2.16. The molecule has 1 fully saturated rings. The molecule has 0 bridgehead atoms. The van der Waals surface area contributed by atoms with Gasteiger partial charge in [-0.2, -0.15) is 0 Å². The van der Waals surface area contributed by atoms with Gasteiger partial charge in [0, 0.05) is 24.6 Å². The van der Waals surface area contributed by atoms with Crippen molar-refractivity contribution in [3.8, 4) is 0 Å². The second kappa shape index (κ2) is 5.21. The minimum Gasteiger partial charge on any atom is -0.353 e. The van der Waals surface area contributed by atoms with Crippen molar-refractivity contribution in [3.63, 3.8) is 0 Å². The third-order valence-corrected chi connectivity index (χ3v) is 3.16. The van der Waals surface area contributed by atoms with Crippen LogP contribution in [0.4, 0.5) is 5.82 Å². The number of anilines is 1. The zero-order valence-corrected chi connectivity index (χ0v) is 11.5. The number of halogens is 1. The number of rotatable bonds is 5. The van der Waals surface area contributed by atoms with E-state index in [1.807, 2.05) is 6.07 Å². The summed E-state index contributed by atoms with van der Waals surface area (Å²) in [5.41, 5.74) is 0. The molecule has 0 unspecified atom stereocenters. The topological polar surface area (TPSA) is 29.0 Å². The van der Waals surface area contributed by atoms with E-state index < -0.39 is 0 Å². The molecule has 0 amide bonds. The van der Waals surface area contributed by atoms with Crippen molar-refractivity contribution in [3.05, 3.63) is 17.0 Å². The average Bonchev–Trinajstić information content (AvgIpc) is 3.08. The minimum absolute atomic E-state index is 0.315. The van der Waals surface area contributed by atoms with E-state index in [0.717, 1.165) is 24.6 Å². The lowest BCUT2D eigenvalue weighted by Gasteiger charge is -2.23. The first-order chi connectivity index (χ1) is 8.11. The lowest BCUT2D eigenvalue weighted by atomic mass is 10.2. The highest BCUT2D eigenvalue weighted by molar-refractivity contribution is 6.29. The number of nitrogens with zero attached hydrogens (tertiary/aromatic N) is 3. The molecule has 1 saturated carbocycles. The van der Waals surface area contributed by atoms with E-state index in [4.69, 9.17) is 11.6 Å². The monoisotopic (exact) mass is 253 g/mol. The van der Waals surface area contributed by atoms with Gasteiger partial charge in [-0.1, -0.05) is 32.4 Å². The van der Waals surface area contributed by atoms with Crippen LogP contribution in [0.5, 0.6) is 0 Å². The lowest BCUT2D eigenvalue weighted by molar-refractivity contribution is 0.722. The second-order valence-electron chi connectivity index (χ2n) is 4.99. The van der Waals surface area contributed by atoms with Gasteiger partial charge in [-0.3, -0.25) is 0 Å². The van der Waals surface area contributed by atoms with Gasteiger partial charge in [0.2, 0.25) is 0 Å². The molecular weight excluding hydrogens is 234 g/mol. The summed E-state index contributed by atoms with van der Waals surface area (Å²) in [6.45, 7) is 7.44. The van der Waals surface area contributed by atoms with Crippen LogP contribution in [0.2, 0.25) is 5.15 Å². The normalized spacial score (nSPS) is 15.4. The zero-order chi connectivity index (χ0) is 12.4. The van der Waals surface area contributed by atoms with E-state index in [9.17, 15) is 0 Å². The van der Waals surface area contributed by atoms with Gasteiger partial charge in [-0.15, -0.1) is 0 Å². The Bertz CT molecular complexity index is 388. The van der Waals surface area contributed by atoms with Crippen LogP contribution in [0.25, 0.3) is 0 Å². The van der Waals surface area contributed by atoms with Crippen molar-refractivity contribution in [1.82, 2.24) is 9.97 Å². The van der Waals surface area contributed by atoms with Crippen LogP contribution in [0.3, 0.4) is 0 Å². The maximum atomic E-state index is 6.09. The Morgan fingerprint density at radius 2 is 2.12 bits per heavy atom. The number of aromatic nitrogens is 2. The molecule has 0 spiro atoms. The fraction of sp³-hybridized carbons (Fsp3) is 0.692. The van der Waals surface area contributed by atoms with E-state index in [1.54, 1.807) is 0 Å². The van der Waals surface area contributed by atoms with Gasteiger partial charge >= 0.3 is 0 Å². The maximum absolute atomic E-state index is 6.09. The molecule has 1 aliphatic carbocycles. The summed E-state index contributed by atoms with van der Waals surface area (Å²) >= 11 is 6.09. The Morgan fingerprint density at radius 3 is 2.65 bits per heavy atom. The summed E-state index contributed by atoms with van der Waals surface area (Å²) in [6, 6.07) is 2.56. The van der Waals surface area contributed by atoms with E-state index in [0.29, 0.717) is 17.1 Å². The first-order valence-corrected chi connectivity index (χ1v) is 6.80. The second-order valence-corrected chi connectivity index (χ2v) is 5.37. The van der Waals surface area contributed by atoms with E-state index in [1.165, 1.54) is 12.8 Å². The predicted molar refractivity (Wildman–Crippen MR) is 71.8 cm³/mol. The molecule has 0 radical (unpaired) electrons. The highest BCUT2D eigenvalue weighted by Crippen LogP contribution is 2.32. The van der Waals surface area contributed by atoms with Gasteiger partial charge < -0.3 is 4.90 Å². The van der Waals surface area contributed by atoms with Crippen LogP contribution in [0.1, 0.15) is 51.8 Å². The third-order valence-electron chi connectivity index (χ3n) is 2.96. The van der Waals surface area contributed by atoms with Crippen LogP contribution in [0.15, 0.2) is 6.07 Å². The Kier molecular flexibility index (Phi) is 3.87. The summed E-state index contributed by atoms with van der Waals surface area (Å²) in [4.78, 5) is 11.3. The summed E-state index contributed by atoms with van der Waals surface area (Å²) in [6.07, 6.45) is 3.69. The predicted octanol–water partition coefficient (Wildman–Crippen LogP) is 3.63. The number of hydrogen-bond acceptors (Lipinski definition) is 3. The highest BCUT2D eigenvalue weighted by atomic mass is 35.5. The van der Waals surface area contributed by atoms with E-state index >= 15 is 0 Å². The fourth-order valence-corrected chi connectivity index (χ4v) is 2.12. The highest BCUT2D eigenvalue weighted by Gasteiger charge is 2.29. The number of hydrogen-bond donors (Lipinski definition) is 0. The molecule has 3 nitrogen and oxygen atoms in total. The third kappa shape index (κ3) is 3.09. The molecule has 1 aromatic rings. The van der Waals surface area contributed by atoms with Gasteiger partial charge in [0.25, 0.3) is 0 Å². The first kappa shape index (κ1) is 12.6. The average molecular weight is 254 g/mol. The van der Waals surface area contributed by atoms with Gasteiger partial charge in [0.05, 0.1) is 0 Å². The Morgan fingerprint density at radius 1 is 1.41 bits per heavy atom. The maximum Gasteiger partial charge on any atom is 0.135 e. The van der Waals surface area contributed by atoms with Crippen LogP contribution in [-0.2, 0) is 0 Å². The van der Waals surface area contributed by atoms with Crippen LogP contribution in [-0.4, -0.2) is 22.6 Å². The lowest BCUT2D eigenvalue weighted by Crippen LogP contribution is -2.27. The summed E-state index contributed by atoms with van der Waals surface area (Å²) in [7, 11) is 0. The van der Waals surface area contributed by atoms with Crippen molar-refractivity contribution in [2.24, 2.45) is 0 Å². The van der Waals surface area contributed by atoms with Crippen molar-refractivity contribution < 1.29 is 0 Å². The molecule has 1 heterocycles. The minimum atomic E-state index is 0.315. The molecule has 0 saturated heterocycles. The summed E-state index contributed by atoms with van der Waals surface area (Å²) < 4.78 is 0. The molecular formula is C13H20ClN3. The molecule has 0 aliphatic heterocycles. The van der Waals surface area contributed by atoms with Gasteiger partial charge in [0.15, 0.2) is 0 Å². The molecule has 0 atom stereocenters. The van der Waals surface area contributed by atoms with Gasteiger partial charge in [-0.05, 0) is 19.3 Å². The van der Waals surface area contributed by atoms with Crippen molar-refractivity contribution in [2.45, 2.75) is 52.0 Å². The molecule has 4 heteroatoms. The van der Waals surface area contributed by atoms with Crippen molar-refractivity contribution in [2.75, 3.05) is 11.4 Å². The Hall–Kier alpha value is -0.830. The van der Waals surface area contributed by atoms with Gasteiger partial charge in [0.1, 0.15) is 16.8 Å². The van der Waals surface area contributed by atoms with Gasteiger partial charge in [-0.25, -0.2) is 9.97 Å². The first-order valence-electron chi connectivity index (χ1n) is 6.43. The molecule has 0 aromatic carbocycles. The van der Waals surface area contributed by atoms with Crippen LogP contribution in [0, 0.1) is 0 Å². The van der Waals surface area contributed by atoms with Crippen molar-refractivity contribution >= 4 is 17.4 Å². The molecule has 0 N–H and O–H groups in total. The Labute approximate surface area is 108 Å². The standard InChI is InChI=1S/C13H20ClN3/c1-4-7-17(10-5-6-10)12-8-11(14)15-13(16-12)9(2)3/h8-10H,4-7H2,1-3H3. The molecule has 2 rings (SSSR count). The Balaban J connectivity index is 2.28. The molecule has 94 valence electrons. The van der Waals surface area contributed by atoms with Crippen molar-refractivity contribution in [1.29, 1.82) is 0 Å². The fourth-order valence-electron chi connectivity index (χ4n) is 1.94. The van der Waals surface area contributed by atoms with Crippen LogP contribution < -0.4 is 4.90 Å². The molecule has 1 aliphatic rings. The molecule has 1 aromatic heterocycles. The van der Waals surface area contributed by atoms with E-state index in [-0.39, 0.29) is 0 Å². The zero-order valence-electron chi connectivity index (χ0n) is 10.8. The largest absolute Gasteiger partial charge is 0.353 e. The van der Waals surface area contributed by atoms with Crippen LogP contribution >= 0.6 is 11.6 Å². The quantitative estimate of drug-likeness (QED) is 0.751. The summed E-state index contributed by atoms with van der Waals surface area (Å²) in [5, 5.41) is 0.556. The molecule has 17 heavy (non-hydrogen) atoms. The smallest absolute Gasteiger partial charge is 0.135 e. The SMILES string of the molecule is CCCN(c1cc(Cl)nc(C(C)C)n1)C1CC1.